The Morgan fingerprint density at radius 1 is 0.271 bits per heavy atom. The lowest BCUT2D eigenvalue weighted by molar-refractivity contribution is -0.137. The fourth-order valence-corrected chi connectivity index (χ4v) is 6.77. The Bertz CT molecular complexity index is 2390. The van der Waals surface area contributed by atoms with Crippen LogP contribution in [0.2, 0.25) is 0 Å². The molecule has 0 aliphatic heterocycles. The minimum atomic E-state index is -4.42. The lowest BCUT2D eigenvalue weighted by Gasteiger charge is -2.19. The molecule has 0 bridgehead atoms. The molecule has 0 fully saturated rings. The summed E-state index contributed by atoms with van der Waals surface area (Å²) in [6.45, 7) is 0. The summed E-state index contributed by atoms with van der Waals surface area (Å²) in [6, 6.07) is 57.8. The number of benzene rings is 8. The quantitative estimate of drug-likeness (QED) is 0.167. The Hall–Kier alpha value is -5.93. The zero-order valence-corrected chi connectivity index (χ0v) is 25.9. The van der Waals surface area contributed by atoms with Crippen molar-refractivity contribution in [2.24, 2.45) is 0 Å². The van der Waals surface area contributed by atoms with Gasteiger partial charge >= 0.3 is 6.18 Å². The van der Waals surface area contributed by atoms with E-state index >= 15 is 0 Å². The van der Waals surface area contributed by atoms with Crippen molar-refractivity contribution in [3.8, 4) is 55.6 Å². The highest BCUT2D eigenvalue weighted by Gasteiger charge is 2.30. The van der Waals surface area contributed by atoms with Gasteiger partial charge in [0.15, 0.2) is 0 Å². The molecule has 0 saturated heterocycles. The van der Waals surface area contributed by atoms with Gasteiger partial charge in [0.2, 0.25) is 0 Å². The molecule has 0 atom stereocenters. The minimum Gasteiger partial charge on any atom is -0.166 e. The van der Waals surface area contributed by atoms with Gasteiger partial charge in [-0.2, -0.15) is 13.2 Å². The highest BCUT2D eigenvalue weighted by molar-refractivity contribution is 6.22. The molecule has 0 saturated carbocycles. The Morgan fingerprint density at radius 3 is 1.17 bits per heavy atom. The van der Waals surface area contributed by atoms with E-state index in [4.69, 9.17) is 0 Å². The lowest BCUT2D eigenvalue weighted by atomic mass is 9.84. The summed E-state index contributed by atoms with van der Waals surface area (Å²) in [5, 5.41) is 4.23. The molecule has 230 valence electrons. The van der Waals surface area contributed by atoms with Crippen LogP contribution in [0.1, 0.15) is 5.56 Å². The first-order valence-electron chi connectivity index (χ1n) is 15.9. The average molecular weight is 627 g/mol. The van der Waals surface area contributed by atoms with Crippen LogP contribution in [-0.4, -0.2) is 0 Å². The van der Waals surface area contributed by atoms with Crippen LogP contribution in [0.4, 0.5) is 13.2 Å². The highest BCUT2D eigenvalue weighted by Crippen LogP contribution is 2.45. The van der Waals surface area contributed by atoms with Crippen LogP contribution >= 0.6 is 0 Å². The second kappa shape index (κ2) is 12.0. The smallest absolute Gasteiger partial charge is 0.166 e. The molecule has 0 amide bonds. The number of alkyl halides is 3. The second-order valence-corrected chi connectivity index (χ2v) is 12.0. The largest absolute Gasteiger partial charge is 0.416 e. The van der Waals surface area contributed by atoms with Crippen LogP contribution in [0.5, 0.6) is 0 Å². The van der Waals surface area contributed by atoms with E-state index < -0.39 is 11.7 Å². The molecule has 48 heavy (non-hydrogen) atoms. The maximum Gasteiger partial charge on any atom is 0.416 e. The maximum absolute atomic E-state index is 13.7. The fourth-order valence-electron chi connectivity index (χ4n) is 6.77. The molecule has 0 aliphatic rings. The van der Waals surface area contributed by atoms with E-state index in [-0.39, 0.29) is 0 Å². The molecular weight excluding hydrogens is 597 g/mol. The standard InChI is InChI=1S/C45H29F3/c46-45(47,48)38-15-9-14-36(28-38)37-26-27-41-42(29-37)44(35-24-20-33(21-25-35)31-12-5-2-6-13-31)40-17-8-7-16-39(40)43(41)34-22-18-32(19-23-34)30-10-3-1-4-11-30/h1-29H. The molecule has 0 nitrogen and oxygen atoms in total. The summed E-state index contributed by atoms with van der Waals surface area (Å²) in [5.74, 6) is 0. The number of halogens is 3. The van der Waals surface area contributed by atoms with E-state index in [1.165, 1.54) is 12.1 Å². The molecule has 8 aromatic rings. The van der Waals surface area contributed by atoms with Gasteiger partial charge in [-0.1, -0.05) is 158 Å². The topological polar surface area (TPSA) is 0 Å². The van der Waals surface area contributed by atoms with E-state index in [0.717, 1.165) is 77.7 Å². The van der Waals surface area contributed by atoms with Crippen LogP contribution in [0.25, 0.3) is 77.2 Å². The van der Waals surface area contributed by atoms with Gasteiger partial charge < -0.3 is 0 Å². The van der Waals surface area contributed by atoms with Gasteiger partial charge in [-0.05, 0) is 95.4 Å². The summed E-state index contributed by atoms with van der Waals surface area (Å²) in [7, 11) is 0. The molecule has 0 heterocycles. The van der Waals surface area contributed by atoms with Gasteiger partial charge in [-0.25, -0.2) is 0 Å². The summed E-state index contributed by atoms with van der Waals surface area (Å²) >= 11 is 0. The molecule has 0 unspecified atom stereocenters. The van der Waals surface area contributed by atoms with Gasteiger partial charge in [-0.15, -0.1) is 0 Å². The maximum atomic E-state index is 13.7. The molecule has 0 N–H and O–H groups in total. The Morgan fingerprint density at radius 2 is 0.646 bits per heavy atom. The second-order valence-electron chi connectivity index (χ2n) is 12.0. The van der Waals surface area contributed by atoms with Crippen molar-refractivity contribution < 1.29 is 13.2 Å². The van der Waals surface area contributed by atoms with Crippen molar-refractivity contribution in [1.82, 2.24) is 0 Å². The molecule has 0 aliphatic carbocycles. The van der Waals surface area contributed by atoms with Gasteiger partial charge in [-0.3, -0.25) is 0 Å². The Labute approximate surface area is 277 Å². The zero-order valence-electron chi connectivity index (χ0n) is 25.9. The zero-order chi connectivity index (χ0) is 32.7. The fraction of sp³-hybridized carbons (Fsp3) is 0.0222. The number of rotatable bonds is 5. The van der Waals surface area contributed by atoms with Crippen LogP contribution in [0.15, 0.2) is 176 Å². The molecule has 0 spiro atoms. The molecule has 8 rings (SSSR count). The predicted octanol–water partition coefficient (Wildman–Crippen LogP) is 13.3. The highest BCUT2D eigenvalue weighted by atomic mass is 19.4. The van der Waals surface area contributed by atoms with Crippen LogP contribution in [0.3, 0.4) is 0 Å². The molecular formula is C45H29F3. The Balaban J connectivity index is 1.38. The summed E-state index contributed by atoms with van der Waals surface area (Å²) in [5.41, 5.74) is 9.42. The van der Waals surface area contributed by atoms with E-state index in [1.807, 2.05) is 42.5 Å². The van der Waals surface area contributed by atoms with Crippen LogP contribution in [-0.2, 0) is 6.18 Å². The predicted molar refractivity (Wildman–Crippen MR) is 194 cm³/mol. The monoisotopic (exact) mass is 626 g/mol. The Kier molecular flexibility index (Phi) is 7.38. The molecule has 0 radical (unpaired) electrons. The summed E-state index contributed by atoms with van der Waals surface area (Å²) < 4.78 is 41.2. The normalized spacial score (nSPS) is 11.6. The van der Waals surface area contributed by atoms with Crippen LogP contribution < -0.4 is 0 Å². The van der Waals surface area contributed by atoms with Crippen molar-refractivity contribution in [3.63, 3.8) is 0 Å². The van der Waals surface area contributed by atoms with Gasteiger partial charge in [0.05, 0.1) is 5.56 Å². The lowest BCUT2D eigenvalue weighted by Crippen LogP contribution is -2.04. The van der Waals surface area contributed by atoms with Crippen molar-refractivity contribution in [3.05, 3.63) is 181 Å². The minimum absolute atomic E-state index is 0.527. The number of hydrogen-bond donors (Lipinski definition) is 0. The molecule has 0 aromatic heterocycles. The van der Waals surface area contributed by atoms with Gasteiger partial charge in [0.1, 0.15) is 0 Å². The molecule has 3 heteroatoms. The first kappa shape index (κ1) is 29.5. The first-order chi connectivity index (χ1) is 23.4. The molecule has 8 aromatic carbocycles. The van der Waals surface area contributed by atoms with Crippen molar-refractivity contribution >= 4 is 21.5 Å². The third-order valence-corrected chi connectivity index (χ3v) is 9.11. The first-order valence-corrected chi connectivity index (χ1v) is 15.9. The third kappa shape index (κ3) is 5.44. The van der Waals surface area contributed by atoms with Gasteiger partial charge in [0, 0.05) is 0 Å². The van der Waals surface area contributed by atoms with Crippen LogP contribution in [0, 0.1) is 0 Å². The third-order valence-electron chi connectivity index (χ3n) is 9.11. The number of fused-ring (bicyclic) bond motifs is 2. The van der Waals surface area contributed by atoms with E-state index in [0.29, 0.717) is 5.56 Å². The van der Waals surface area contributed by atoms with E-state index in [2.05, 4.69) is 109 Å². The summed E-state index contributed by atoms with van der Waals surface area (Å²) in [4.78, 5) is 0. The van der Waals surface area contributed by atoms with Crippen molar-refractivity contribution in [1.29, 1.82) is 0 Å². The number of hydrogen-bond acceptors (Lipinski definition) is 0. The summed E-state index contributed by atoms with van der Waals surface area (Å²) in [6.07, 6.45) is -4.42. The van der Waals surface area contributed by atoms with E-state index in [9.17, 15) is 13.2 Å². The SMILES string of the molecule is FC(F)(F)c1cccc(-c2ccc3c(-c4ccc(-c5ccccc5)cc4)c4ccccc4c(-c4ccc(-c5ccccc5)cc4)c3c2)c1. The van der Waals surface area contributed by atoms with Crippen molar-refractivity contribution in [2.75, 3.05) is 0 Å². The van der Waals surface area contributed by atoms with Crippen molar-refractivity contribution in [2.45, 2.75) is 6.18 Å². The average Bonchev–Trinajstić information content (AvgIpc) is 3.14. The van der Waals surface area contributed by atoms with E-state index in [1.54, 1.807) is 6.07 Å². The van der Waals surface area contributed by atoms with Gasteiger partial charge in [0.25, 0.3) is 0 Å².